The fourth-order valence-electron chi connectivity index (χ4n) is 2.30. The fourth-order valence-corrected chi connectivity index (χ4v) is 3.62. The van der Waals surface area contributed by atoms with Crippen molar-refractivity contribution in [2.24, 2.45) is 0 Å². The Kier molecular flexibility index (Phi) is 5.91. The Hall–Kier alpha value is -0.540. The maximum atomic E-state index is 6.30. The highest BCUT2D eigenvalue weighted by Gasteiger charge is 2.17. The third-order valence-corrected chi connectivity index (χ3v) is 4.95. The van der Waals surface area contributed by atoms with Crippen LogP contribution in [0.3, 0.4) is 0 Å². The van der Waals surface area contributed by atoms with E-state index in [1.54, 1.807) is 11.3 Å². The third-order valence-electron chi connectivity index (χ3n) is 3.39. The molecule has 1 nitrogen and oxygen atoms in total. The summed E-state index contributed by atoms with van der Waals surface area (Å²) in [6.45, 7) is 5.32. The number of thiophene rings is 1. The molecule has 0 bridgehead atoms. The molecule has 0 radical (unpaired) electrons. The summed E-state index contributed by atoms with van der Waals surface area (Å²) < 4.78 is 0. The number of hydrogen-bond donors (Lipinski definition) is 1. The molecule has 2 rings (SSSR count). The standard InChI is InChI=1S/C16H19Cl2NS/c1-3-8-19-16(12-7-9-20-11(12)2)10-13-14(17)5-4-6-15(13)18/h4-7,9,16,19H,3,8,10H2,1-2H3. The van der Waals surface area contributed by atoms with Crippen LogP contribution >= 0.6 is 34.5 Å². The van der Waals surface area contributed by atoms with E-state index >= 15 is 0 Å². The van der Waals surface area contributed by atoms with Gasteiger partial charge >= 0.3 is 0 Å². The van der Waals surface area contributed by atoms with Crippen LogP contribution in [0.1, 0.15) is 35.4 Å². The van der Waals surface area contributed by atoms with Crippen molar-refractivity contribution in [1.29, 1.82) is 0 Å². The first kappa shape index (κ1) is 15.8. The molecule has 4 heteroatoms. The summed E-state index contributed by atoms with van der Waals surface area (Å²) in [5.41, 5.74) is 2.37. The van der Waals surface area contributed by atoms with E-state index in [-0.39, 0.29) is 6.04 Å². The molecule has 1 unspecified atom stereocenters. The second-order valence-electron chi connectivity index (χ2n) is 4.84. The Morgan fingerprint density at radius 2 is 1.90 bits per heavy atom. The molecule has 0 spiro atoms. The predicted octanol–water partition coefficient (Wildman–Crippen LogP) is 5.65. The van der Waals surface area contributed by atoms with Gasteiger partial charge in [-0.1, -0.05) is 36.2 Å². The lowest BCUT2D eigenvalue weighted by Gasteiger charge is -2.20. The van der Waals surface area contributed by atoms with Gasteiger partial charge in [0.05, 0.1) is 0 Å². The summed E-state index contributed by atoms with van der Waals surface area (Å²) >= 11 is 14.4. The number of nitrogens with one attached hydrogen (secondary N) is 1. The van der Waals surface area contributed by atoms with Crippen molar-refractivity contribution in [1.82, 2.24) is 5.32 Å². The highest BCUT2D eigenvalue weighted by molar-refractivity contribution is 7.10. The van der Waals surface area contributed by atoms with Gasteiger partial charge in [-0.05, 0) is 61.0 Å². The van der Waals surface area contributed by atoms with Gasteiger partial charge in [-0.3, -0.25) is 0 Å². The highest BCUT2D eigenvalue weighted by atomic mass is 35.5. The van der Waals surface area contributed by atoms with Crippen LogP contribution in [0.4, 0.5) is 0 Å². The van der Waals surface area contributed by atoms with Crippen molar-refractivity contribution >= 4 is 34.5 Å². The molecular formula is C16H19Cl2NS. The number of benzene rings is 1. The zero-order valence-electron chi connectivity index (χ0n) is 11.7. The number of rotatable bonds is 6. The monoisotopic (exact) mass is 327 g/mol. The van der Waals surface area contributed by atoms with Gasteiger partial charge in [0.1, 0.15) is 0 Å². The van der Waals surface area contributed by atoms with Crippen molar-refractivity contribution in [2.75, 3.05) is 6.54 Å². The normalized spacial score (nSPS) is 12.6. The molecule has 2 aromatic rings. The molecule has 0 aliphatic heterocycles. The number of hydrogen-bond acceptors (Lipinski definition) is 2. The Labute approximate surface area is 134 Å². The van der Waals surface area contributed by atoms with Crippen LogP contribution in [-0.4, -0.2) is 6.54 Å². The molecular weight excluding hydrogens is 309 g/mol. The molecule has 1 aromatic carbocycles. The molecule has 1 atom stereocenters. The topological polar surface area (TPSA) is 12.0 Å². The first-order valence-electron chi connectivity index (χ1n) is 6.83. The Balaban J connectivity index is 2.26. The molecule has 0 amide bonds. The van der Waals surface area contributed by atoms with Crippen LogP contribution in [0, 0.1) is 6.92 Å². The molecule has 1 heterocycles. The van der Waals surface area contributed by atoms with E-state index in [0.717, 1.165) is 35.0 Å². The average Bonchev–Trinajstić information content (AvgIpc) is 2.84. The van der Waals surface area contributed by atoms with Gasteiger partial charge in [-0.2, -0.15) is 0 Å². The Morgan fingerprint density at radius 3 is 2.45 bits per heavy atom. The lowest BCUT2D eigenvalue weighted by molar-refractivity contribution is 0.529. The smallest absolute Gasteiger partial charge is 0.0453 e. The minimum atomic E-state index is 0.263. The summed E-state index contributed by atoms with van der Waals surface area (Å²) in [6, 6.07) is 8.15. The second kappa shape index (κ2) is 7.46. The molecule has 0 saturated carbocycles. The molecule has 0 aliphatic rings. The van der Waals surface area contributed by atoms with Gasteiger partial charge in [-0.15, -0.1) is 11.3 Å². The van der Waals surface area contributed by atoms with E-state index in [2.05, 4.69) is 30.6 Å². The zero-order chi connectivity index (χ0) is 14.5. The van der Waals surface area contributed by atoms with Crippen molar-refractivity contribution in [3.63, 3.8) is 0 Å². The third kappa shape index (κ3) is 3.76. The second-order valence-corrected chi connectivity index (χ2v) is 6.78. The number of aryl methyl sites for hydroxylation is 1. The van der Waals surface area contributed by atoms with Crippen molar-refractivity contribution in [2.45, 2.75) is 32.7 Å². The molecule has 0 fully saturated rings. The van der Waals surface area contributed by atoms with Crippen LogP contribution in [0.25, 0.3) is 0 Å². The quantitative estimate of drug-likeness (QED) is 0.723. The molecule has 1 N–H and O–H groups in total. The summed E-state index contributed by atoms with van der Waals surface area (Å²) in [5.74, 6) is 0. The Bertz CT molecular complexity index is 545. The van der Waals surface area contributed by atoms with Crippen LogP contribution in [0.2, 0.25) is 10.0 Å². The zero-order valence-corrected chi connectivity index (χ0v) is 14.1. The number of halogens is 2. The molecule has 108 valence electrons. The molecule has 0 saturated heterocycles. The highest BCUT2D eigenvalue weighted by Crippen LogP contribution is 2.31. The SMILES string of the molecule is CCCNC(Cc1c(Cl)cccc1Cl)c1ccsc1C. The average molecular weight is 328 g/mol. The van der Waals surface area contributed by atoms with Gasteiger partial charge in [-0.25, -0.2) is 0 Å². The van der Waals surface area contributed by atoms with E-state index in [1.807, 2.05) is 18.2 Å². The minimum Gasteiger partial charge on any atom is -0.310 e. The molecule has 0 aliphatic carbocycles. The van der Waals surface area contributed by atoms with Gasteiger partial charge in [0, 0.05) is 21.0 Å². The lowest BCUT2D eigenvalue weighted by atomic mass is 9.99. The van der Waals surface area contributed by atoms with Crippen molar-refractivity contribution < 1.29 is 0 Å². The first-order chi connectivity index (χ1) is 9.63. The van der Waals surface area contributed by atoms with E-state index in [4.69, 9.17) is 23.2 Å². The van der Waals surface area contributed by atoms with Crippen LogP contribution in [-0.2, 0) is 6.42 Å². The van der Waals surface area contributed by atoms with Crippen LogP contribution < -0.4 is 5.32 Å². The van der Waals surface area contributed by atoms with E-state index in [9.17, 15) is 0 Å². The van der Waals surface area contributed by atoms with Gasteiger partial charge in [0.15, 0.2) is 0 Å². The van der Waals surface area contributed by atoms with E-state index in [0.29, 0.717) is 0 Å². The van der Waals surface area contributed by atoms with E-state index in [1.165, 1.54) is 10.4 Å². The van der Waals surface area contributed by atoms with Crippen molar-refractivity contribution in [3.05, 3.63) is 55.7 Å². The van der Waals surface area contributed by atoms with Gasteiger partial charge in [0.25, 0.3) is 0 Å². The van der Waals surface area contributed by atoms with Crippen LogP contribution in [0.15, 0.2) is 29.6 Å². The summed E-state index contributed by atoms with van der Waals surface area (Å²) in [6.07, 6.45) is 1.92. The fraction of sp³-hybridized carbons (Fsp3) is 0.375. The minimum absolute atomic E-state index is 0.263. The molecule has 1 aromatic heterocycles. The first-order valence-corrected chi connectivity index (χ1v) is 8.47. The molecule has 20 heavy (non-hydrogen) atoms. The maximum Gasteiger partial charge on any atom is 0.0453 e. The maximum absolute atomic E-state index is 6.30. The van der Waals surface area contributed by atoms with Crippen molar-refractivity contribution in [3.8, 4) is 0 Å². The van der Waals surface area contributed by atoms with Gasteiger partial charge < -0.3 is 5.32 Å². The summed E-state index contributed by atoms with van der Waals surface area (Å²) in [4.78, 5) is 1.35. The largest absolute Gasteiger partial charge is 0.310 e. The van der Waals surface area contributed by atoms with E-state index < -0.39 is 0 Å². The van der Waals surface area contributed by atoms with Crippen LogP contribution in [0.5, 0.6) is 0 Å². The summed E-state index contributed by atoms with van der Waals surface area (Å²) in [7, 11) is 0. The summed E-state index contributed by atoms with van der Waals surface area (Å²) in [5, 5.41) is 7.23. The lowest BCUT2D eigenvalue weighted by Crippen LogP contribution is -2.24. The predicted molar refractivity (Wildman–Crippen MR) is 90.3 cm³/mol. The Morgan fingerprint density at radius 1 is 1.20 bits per heavy atom. The van der Waals surface area contributed by atoms with Gasteiger partial charge in [0.2, 0.25) is 0 Å².